The van der Waals surface area contributed by atoms with E-state index in [1.54, 1.807) is 24.5 Å². The monoisotopic (exact) mass is 384 g/mol. The van der Waals surface area contributed by atoms with Gasteiger partial charge in [0.25, 0.3) is 0 Å². The molecule has 0 aliphatic carbocycles. The van der Waals surface area contributed by atoms with Crippen LogP contribution in [0.2, 0.25) is 0 Å². The number of rotatable bonds is 5. The van der Waals surface area contributed by atoms with E-state index in [0.29, 0.717) is 5.82 Å². The standard InChI is InChI=1S/C23H17FN4O/c24-21-14-18(10-12-26-21)17-6-4-16(5-7-17)13-23(29)28-22-9-8-19(15-27-22)20-3-1-2-11-25-20/h1-12,14-15H,13H2,(H,27,28,29). The van der Waals surface area contributed by atoms with Gasteiger partial charge >= 0.3 is 0 Å². The highest BCUT2D eigenvalue weighted by molar-refractivity contribution is 5.91. The number of carbonyl (C=O) groups is 1. The van der Waals surface area contributed by atoms with Gasteiger partial charge < -0.3 is 5.32 Å². The highest BCUT2D eigenvalue weighted by Crippen LogP contribution is 2.20. The van der Waals surface area contributed by atoms with Crippen LogP contribution >= 0.6 is 0 Å². The summed E-state index contributed by atoms with van der Waals surface area (Å²) in [5, 5.41) is 2.79. The third-order valence-electron chi connectivity index (χ3n) is 4.37. The van der Waals surface area contributed by atoms with Gasteiger partial charge in [-0.1, -0.05) is 30.3 Å². The molecule has 0 saturated carbocycles. The maximum Gasteiger partial charge on any atom is 0.229 e. The molecule has 0 atom stereocenters. The fourth-order valence-corrected chi connectivity index (χ4v) is 2.92. The fourth-order valence-electron chi connectivity index (χ4n) is 2.92. The highest BCUT2D eigenvalue weighted by Gasteiger charge is 2.07. The van der Waals surface area contributed by atoms with Gasteiger partial charge in [0.15, 0.2) is 0 Å². The molecule has 4 rings (SSSR count). The zero-order valence-corrected chi connectivity index (χ0v) is 15.4. The molecule has 0 spiro atoms. The number of halogens is 1. The van der Waals surface area contributed by atoms with Crippen molar-refractivity contribution in [2.45, 2.75) is 6.42 Å². The maximum absolute atomic E-state index is 13.3. The van der Waals surface area contributed by atoms with Crippen molar-refractivity contribution in [2.24, 2.45) is 0 Å². The van der Waals surface area contributed by atoms with Crippen LogP contribution in [0, 0.1) is 5.95 Å². The summed E-state index contributed by atoms with van der Waals surface area (Å²) in [5.74, 6) is -0.197. The molecule has 1 N–H and O–H groups in total. The zero-order chi connectivity index (χ0) is 20.1. The quantitative estimate of drug-likeness (QED) is 0.514. The van der Waals surface area contributed by atoms with Gasteiger partial charge in [0.2, 0.25) is 11.9 Å². The van der Waals surface area contributed by atoms with Crippen molar-refractivity contribution in [2.75, 3.05) is 5.32 Å². The predicted octanol–water partition coefficient (Wildman–Crippen LogP) is 4.53. The lowest BCUT2D eigenvalue weighted by atomic mass is 10.0. The Bertz CT molecular complexity index is 1110. The van der Waals surface area contributed by atoms with Gasteiger partial charge in [-0.15, -0.1) is 0 Å². The van der Waals surface area contributed by atoms with Crippen LogP contribution in [0.5, 0.6) is 0 Å². The summed E-state index contributed by atoms with van der Waals surface area (Å²) in [6, 6.07) is 19.8. The van der Waals surface area contributed by atoms with Crippen LogP contribution in [-0.2, 0) is 11.2 Å². The van der Waals surface area contributed by atoms with E-state index in [0.717, 1.165) is 27.9 Å². The average Bonchev–Trinajstić information content (AvgIpc) is 2.75. The first-order chi connectivity index (χ1) is 14.2. The second-order valence-corrected chi connectivity index (χ2v) is 6.44. The van der Waals surface area contributed by atoms with Crippen molar-refractivity contribution in [1.29, 1.82) is 0 Å². The molecule has 3 aromatic heterocycles. The van der Waals surface area contributed by atoms with Gasteiger partial charge in [0.05, 0.1) is 12.1 Å². The van der Waals surface area contributed by atoms with Crippen LogP contribution < -0.4 is 5.32 Å². The van der Waals surface area contributed by atoms with E-state index in [-0.39, 0.29) is 12.3 Å². The van der Waals surface area contributed by atoms with Crippen LogP contribution in [0.3, 0.4) is 0 Å². The number of amides is 1. The average molecular weight is 384 g/mol. The molecule has 0 fully saturated rings. The maximum atomic E-state index is 13.3. The summed E-state index contributed by atoms with van der Waals surface area (Å²) in [6.45, 7) is 0. The number of benzene rings is 1. The Balaban J connectivity index is 1.38. The molecule has 1 amide bonds. The summed E-state index contributed by atoms with van der Waals surface area (Å²) < 4.78 is 13.3. The van der Waals surface area contributed by atoms with E-state index in [4.69, 9.17) is 0 Å². The van der Waals surface area contributed by atoms with Crippen molar-refractivity contribution in [3.63, 3.8) is 0 Å². The number of nitrogens with zero attached hydrogens (tertiary/aromatic N) is 3. The molecule has 1 aromatic carbocycles. The Morgan fingerprint density at radius 3 is 2.34 bits per heavy atom. The molecule has 0 saturated heterocycles. The van der Waals surface area contributed by atoms with Gasteiger partial charge in [-0.2, -0.15) is 4.39 Å². The minimum atomic E-state index is -0.521. The van der Waals surface area contributed by atoms with Crippen LogP contribution in [0.4, 0.5) is 10.2 Å². The topological polar surface area (TPSA) is 67.8 Å². The van der Waals surface area contributed by atoms with Gasteiger partial charge in [-0.25, -0.2) is 9.97 Å². The molecule has 142 valence electrons. The number of nitrogens with one attached hydrogen (secondary N) is 1. The lowest BCUT2D eigenvalue weighted by Crippen LogP contribution is -2.15. The third-order valence-corrected chi connectivity index (χ3v) is 4.37. The van der Waals surface area contributed by atoms with Crippen LogP contribution in [0.15, 0.2) is 85.3 Å². The lowest BCUT2D eigenvalue weighted by Gasteiger charge is -2.07. The van der Waals surface area contributed by atoms with Crippen molar-refractivity contribution in [3.8, 4) is 22.4 Å². The fraction of sp³-hybridized carbons (Fsp3) is 0.0435. The van der Waals surface area contributed by atoms with Crippen LogP contribution in [-0.4, -0.2) is 20.9 Å². The molecular weight excluding hydrogens is 367 g/mol. The van der Waals surface area contributed by atoms with E-state index in [1.807, 2.05) is 48.5 Å². The summed E-state index contributed by atoms with van der Waals surface area (Å²) in [4.78, 5) is 24.4. The van der Waals surface area contributed by atoms with Gasteiger partial charge in [-0.3, -0.25) is 9.78 Å². The first kappa shape index (κ1) is 18.4. The molecule has 5 nitrogen and oxygen atoms in total. The van der Waals surface area contributed by atoms with Crippen LogP contribution in [0.1, 0.15) is 5.56 Å². The summed E-state index contributed by atoms with van der Waals surface area (Å²) in [5.41, 5.74) is 4.16. The normalized spacial score (nSPS) is 10.5. The second-order valence-electron chi connectivity index (χ2n) is 6.44. The van der Waals surface area contributed by atoms with E-state index in [1.165, 1.54) is 12.3 Å². The molecule has 0 unspecified atom stereocenters. The molecule has 0 aliphatic heterocycles. The molecule has 0 bridgehead atoms. The minimum Gasteiger partial charge on any atom is -0.310 e. The first-order valence-corrected chi connectivity index (χ1v) is 9.05. The van der Waals surface area contributed by atoms with E-state index < -0.39 is 5.95 Å². The van der Waals surface area contributed by atoms with Crippen molar-refractivity contribution in [3.05, 3.63) is 96.8 Å². The van der Waals surface area contributed by atoms with E-state index in [2.05, 4.69) is 20.3 Å². The minimum absolute atomic E-state index is 0.161. The molecule has 0 radical (unpaired) electrons. The number of carbonyl (C=O) groups excluding carboxylic acids is 1. The largest absolute Gasteiger partial charge is 0.310 e. The first-order valence-electron chi connectivity index (χ1n) is 9.05. The SMILES string of the molecule is O=C(Cc1ccc(-c2ccnc(F)c2)cc1)Nc1ccc(-c2ccccn2)cn1. The van der Waals surface area contributed by atoms with E-state index >= 15 is 0 Å². The predicted molar refractivity (Wildman–Crippen MR) is 109 cm³/mol. The molecule has 6 heteroatoms. The Morgan fingerprint density at radius 1 is 0.828 bits per heavy atom. The van der Waals surface area contributed by atoms with Crippen molar-refractivity contribution >= 4 is 11.7 Å². The molecule has 0 aliphatic rings. The Kier molecular flexibility index (Phi) is 5.33. The van der Waals surface area contributed by atoms with Crippen LogP contribution in [0.25, 0.3) is 22.4 Å². The van der Waals surface area contributed by atoms with Crippen molar-refractivity contribution < 1.29 is 9.18 Å². The van der Waals surface area contributed by atoms with Gasteiger partial charge in [0.1, 0.15) is 5.82 Å². The van der Waals surface area contributed by atoms with Gasteiger partial charge in [-0.05, 0) is 47.0 Å². The second kappa shape index (κ2) is 8.39. The number of hydrogen-bond donors (Lipinski definition) is 1. The highest BCUT2D eigenvalue weighted by atomic mass is 19.1. The Hall–Kier alpha value is -3.93. The van der Waals surface area contributed by atoms with Crippen molar-refractivity contribution in [1.82, 2.24) is 15.0 Å². The molecule has 29 heavy (non-hydrogen) atoms. The van der Waals surface area contributed by atoms with Gasteiger partial charge in [0, 0.05) is 30.2 Å². The Labute approximate surface area is 167 Å². The molecule has 4 aromatic rings. The number of hydrogen-bond acceptors (Lipinski definition) is 4. The number of aromatic nitrogens is 3. The third kappa shape index (κ3) is 4.68. The smallest absolute Gasteiger partial charge is 0.229 e. The molecular formula is C23H17FN4O. The summed E-state index contributed by atoms with van der Waals surface area (Å²) in [6.07, 6.45) is 5.05. The summed E-state index contributed by atoms with van der Waals surface area (Å²) in [7, 11) is 0. The Morgan fingerprint density at radius 2 is 1.66 bits per heavy atom. The zero-order valence-electron chi connectivity index (χ0n) is 15.4. The summed E-state index contributed by atoms with van der Waals surface area (Å²) >= 11 is 0. The van der Waals surface area contributed by atoms with E-state index in [9.17, 15) is 9.18 Å². The lowest BCUT2D eigenvalue weighted by molar-refractivity contribution is -0.115. The number of pyridine rings is 3. The molecule has 3 heterocycles. The number of anilines is 1.